The summed E-state index contributed by atoms with van der Waals surface area (Å²) in [5.41, 5.74) is 3.80. The molecule has 4 aromatic rings. The summed E-state index contributed by atoms with van der Waals surface area (Å²) in [6, 6.07) is 24.2. The molecule has 4 aromatic carbocycles. The summed E-state index contributed by atoms with van der Waals surface area (Å²) in [5.74, 6) is -0.223. The van der Waals surface area contributed by atoms with E-state index in [0.29, 0.717) is 51.4 Å². The van der Waals surface area contributed by atoms with E-state index in [0.717, 1.165) is 5.56 Å². The number of hydrogen-bond donors (Lipinski definition) is 2. The van der Waals surface area contributed by atoms with Crippen LogP contribution in [-0.4, -0.2) is 20.4 Å². The number of rotatable bonds is 10. The van der Waals surface area contributed by atoms with Crippen LogP contribution in [0.4, 0.5) is 14.5 Å². The van der Waals surface area contributed by atoms with E-state index in [1.54, 1.807) is 66.7 Å². The van der Waals surface area contributed by atoms with Crippen LogP contribution in [0.2, 0.25) is 0 Å². The van der Waals surface area contributed by atoms with Crippen LogP contribution in [-0.2, 0) is 47.9 Å². The SMILES string of the molecule is CCS(=O)c1ccc(CC(=O)Nc2ccc(C3([S+](=O)(O)c4ccc(F)cc4)CC3)c(-c3ccc(CF)cc3)c2)cc1. The van der Waals surface area contributed by atoms with Gasteiger partial charge in [-0.15, -0.1) is 0 Å². The lowest BCUT2D eigenvalue weighted by atomic mass is 9.95. The number of nitrogens with one attached hydrogen (secondary N) is 1. The Kier molecular flexibility index (Phi) is 8.31. The monoisotopic (exact) mass is 594 g/mol. The third-order valence-electron chi connectivity index (χ3n) is 7.39. The van der Waals surface area contributed by atoms with Gasteiger partial charge in [0.2, 0.25) is 5.91 Å². The Hall–Kier alpha value is -3.53. The van der Waals surface area contributed by atoms with Crippen molar-refractivity contribution in [2.75, 3.05) is 11.1 Å². The zero-order valence-electron chi connectivity index (χ0n) is 22.4. The summed E-state index contributed by atoms with van der Waals surface area (Å²) in [6.45, 7) is 1.23. The molecule has 0 spiro atoms. The molecule has 2 unspecified atom stereocenters. The molecule has 1 fully saturated rings. The molecule has 0 saturated heterocycles. The van der Waals surface area contributed by atoms with Gasteiger partial charge in [0.15, 0.2) is 9.64 Å². The highest BCUT2D eigenvalue weighted by Crippen LogP contribution is 2.60. The third-order valence-corrected chi connectivity index (χ3v) is 11.3. The van der Waals surface area contributed by atoms with E-state index in [9.17, 15) is 26.5 Å². The molecule has 9 heteroatoms. The van der Waals surface area contributed by atoms with Crippen LogP contribution in [0.25, 0.3) is 11.1 Å². The first-order chi connectivity index (χ1) is 19.7. The van der Waals surface area contributed by atoms with Crippen molar-refractivity contribution in [3.05, 3.63) is 114 Å². The summed E-state index contributed by atoms with van der Waals surface area (Å²) in [7, 11) is -4.68. The first-order valence-corrected chi connectivity index (χ1v) is 16.1. The molecule has 0 heterocycles. The van der Waals surface area contributed by atoms with Crippen molar-refractivity contribution in [1.29, 1.82) is 0 Å². The van der Waals surface area contributed by atoms with Gasteiger partial charge in [0.25, 0.3) is 10.2 Å². The number of carbonyl (C=O) groups is 1. The van der Waals surface area contributed by atoms with Gasteiger partial charge in [0.1, 0.15) is 12.5 Å². The molecule has 41 heavy (non-hydrogen) atoms. The van der Waals surface area contributed by atoms with E-state index in [1.807, 2.05) is 6.92 Å². The topological polar surface area (TPSA) is 83.5 Å². The molecule has 0 bridgehead atoms. The van der Waals surface area contributed by atoms with Gasteiger partial charge in [-0.1, -0.05) is 53.6 Å². The van der Waals surface area contributed by atoms with E-state index < -0.39 is 38.3 Å². The molecule has 5 nitrogen and oxygen atoms in total. The molecule has 2 N–H and O–H groups in total. The minimum absolute atomic E-state index is 0.111. The Morgan fingerprint density at radius 3 is 2.17 bits per heavy atom. The maximum atomic E-state index is 13.9. The number of anilines is 1. The van der Waals surface area contributed by atoms with Crippen LogP contribution < -0.4 is 5.32 Å². The Morgan fingerprint density at radius 2 is 1.59 bits per heavy atom. The number of hydrogen-bond acceptors (Lipinski definition) is 3. The smallest absolute Gasteiger partial charge is 0.258 e. The molecule has 1 aliphatic rings. The zero-order valence-corrected chi connectivity index (χ0v) is 24.1. The largest absolute Gasteiger partial charge is 0.326 e. The highest BCUT2D eigenvalue weighted by molar-refractivity contribution is 7.99. The highest BCUT2D eigenvalue weighted by Gasteiger charge is 2.66. The van der Waals surface area contributed by atoms with Gasteiger partial charge in [-0.2, -0.15) is 4.55 Å². The average Bonchev–Trinajstić information content (AvgIpc) is 3.80. The maximum absolute atomic E-state index is 13.9. The van der Waals surface area contributed by atoms with Crippen LogP contribution in [0.15, 0.2) is 101 Å². The first kappa shape index (κ1) is 29.0. The fourth-order valence-electron chi connectivity index (χ4n) is 5.00. The number of halogens is 2. The van der Waals surface area contributed by atoms with Gasteiger partial charge in [0.05, 0.1) is 17.2 Å². The summed E-state index contributed by atoms with van der Waals surface area (Å²) in [4.78, 5) is 13.8. The van der Waals surface area contributed by atoms with Gasteiger partial charge in [-0.05, 0) is 70.8 Å². The predicted molar refractivity (Wildman–Crippen MR) is 159 cm³/mol. The fraction of sp³-hybridized carbons (Fsp3) is 0.219. The second kappa shape index (κ2) is 11.8. The van der Waals surface area contributed by atoms with Crippen molar-refractivity contribution in [2.45, 2.75) is 47.4 Å². The van der Waals surface area contributed by atoms with Gasteiger partial charge >= 0.3 is 0 Å². The van der Waals surface area contributed by atoms with Crippen LogP contribution in [0.5, 0.6) is 0 Å². The van der Waals surface area contributed by atoms with E-state index >= 15 is 0 Å². The van der Waals surface area contributed by atoms with Crippen molar-refractivity contribution in [3.8, 4) is 11.1 Å². The van der Waals surface area contributed by atoms with E-state index in [4.69, 9.17) is 0 Å². The highest BCUT2D eigenvalue weighted by atomic mass is 32.3. The van der Waals surface area contributed by atoms with Crippen molar-refractivity contribution >= 4 is 32.6 Å². The second-order valence-electron chi connectivity index (χ2n) is 10.1. The molecule has 212 valence electrons. The summed E-state index contributed by atoms with van der Waals surface area (Å²) in [5, 5.41) is 2.91. The molecular formula is C32H30F2NO4S2+. The summed E-state index contributed by atoms with van der Waals surface area (Å²) < 4.78 is 63.0. The minimum Gasteiger partial charge on any atom is -0.326 e. The van der Waals surface area contributed by atoms with Gasteiger partial charge in [-0.25, -0.2) is 8.78 Å². The standard InChI is InChI=1S/C32H29F2NO4S2/c1-2-40(37)27-12-5-22(6-13-27)19-31(36)35-26-11-16-30(29(20-26)24-7-3-23(21-33)4-8-24)32(17-18-32)41(38,39)28-14-9-25(34)10-15-28/h3-16,20H,2,17-19,21H2,1H3,(H-,35,36,38,39)/p+1. The molecule has 0 aliphatic heterocycles. The van der Waals surface area contributed by atoms with E-state index in [2.05, 4.69) is 5.32 Å². The molecule has 1 saturated carbocycles. The van der Waals surface area contributed by atoms with Gasteiger partial charge < -0.3 is 5.32 Å². The Labute approximate surface area is 241 Å². The molecule has 1 aliphatic carbocycles. The van der Waals surface area contributed by atoms with E-state index in [-0.39, 0.29) is 17.2 Å². The molecule has 2 atom stereocenters. The number of amides is 1. The summed E-state index contributed by atoms with van der Waals surface area (Å²) in [6.07, 6.45) is 1.03. The molecule has 1 amide bonds. The average molecular weight is 595 g/mol. The van der Waals surface area contributed by atoms with Crippen molar-refractivity contribution in [3.63, 3.8) is 0 Å². The van der Waals surface area contributed by atoms with Crippen molar-refractivity contribution in [1.82, 2.24) is 0 Å². The molecule has 5 rings (SSSR count). The number of benzene rings is 4. The minimum atomic E-state index is -3.61. The Balaban J connectivity index is 1.47. The van der Waals surface area contributed by atoms with Crippen molar-refractivity contribution < 1.29 is 26.5 Å². The van der Waals surface area contributed by atoms with Crippen LogP contribution in [0, 0.1) is 5.82 Å². The third kappa shape index (κ3) is 5.93. The van der Waals surface area contributed by atoms with Gasteiger partial charge in [-0.3, -0.25) is 9.00 Å². The lowest BCUT2D eigenvalue weighted by molar-refractivity contribution is -0.115. The quantitative estimate of drug-likeness (QED) is 0.189. The second-order valence-corrected chi connectivity index (χ2v) is 14.1. The first-order valence-electron chi connectivity index (χ1n) is 13.3. The normalized spacial score (nSPS) is 16.0. The summed E-state index contributed by atoms with van der Waals surface area (Å²) >= 11 is 0. The van der Waals surface area contributed by atoms with Crippen LogP contribution in [0.1, 0.15) is 36.5 Å². The predicted octanol–water partition coefficient (Wildman–Crippen LogP) is 7.29. The van der Waals surface area contributed by atoms with Crippen LogP contribution >= 0.6 is 0 Å². The number of carbonyl (C=O) groups excluding carboxylic acids is 1. The van der Waals surface area contributed by atoms with Crippen molar-refractivity contribution in [2.24, 2.45) is 0 Å². The molecular weight excluding hydrogens is 564 g/mol. The lowest BCUT2D eigenvalue weighted by Crippen LogP contribution is -2.28. The van der Waals surface area contributed by atoms with E-state index in [1.165, 1.54) is 24.3 Å². The zero-order chi connectivity index (χ0) is 29.2. The van der Waals surface area contributed by atoms with Gasteiger partial charge in [0, 0.05) is 34.7 Å². The maximum Gasteiger partial charge on any atom is 0.258 e. The Bertz CT molecular complexity index is 1630. The molecule has 0 radical (unpaired) electrons. The fourth-order valence-corrected chi connectivity index (χ4v) is 7.86. The lowest BCUT2D eigenvalue weighted by Gasteiger charge is -2.21. The Morgan fingerprint density at radius 1 is 0.951 bits per heavy atom. The number of alkyl halides is 1. The van der Waals surface area contributed by atoms with Crippen LogP contribution in [0.3, 0.4) is 0 Å². The molecule has 0 aromatic heterocycles.